The number of aliphatic carboxylic acids is 4. The fourth-order valence-corrected chi connectivity index (χ4v) is 4.90. The maximum Gasteiger partial charge on any atom is 0.317 e. The largest absolute Gasteiger partial charge is 0.480 e. The molecule has 10 heteroatoms. The van der Waals surface area contributed by atoms with E-state index in [1.54, 1.807) is 0 Å². The van der Waals surface area contributed by atoms with Gasteiger partial charge < -0.3 is 20.4 Å². The lowest BCUT2D eigenvalue weighted by Crippen LogP contribution is -2.60. The Morgan fingerprint density at radius 3 is 1.14 bits per heavy atom. The second kappa shape index (κ2) is 9.83. The number of hydrogen-bond donors (Lipinski definition) is 4. The molecule has 158 valence electrons. The van der Waals surface area contributed by atoms with Crippen molar-refractivity contribution in [3.05, 3.63) is 0 Å². The zero-order valence-electron chi connectivity index (χ0n) is 15.7. The molecule has 4 atom stereocenters. The third-order valence-corrected chi connectivity index (χ3v) is 5.89. The van der Waals surface area contributed by atoms with Gasteiger partial charge in [0.25, 0.3) is 0 Å². The minimum absolute atomic E-state index is 0.316. The van der Waals surface area contributed by atoms with E-state index < -0.39 is 62.1 Å². The van der Waals surface area contributed by atoms with Gasteiger partial charge in [-0.05, 0) is 24.7 Å². The average Bonchev–Trinajstić information content (AvgIpc) is 2.58. The van der Waals surface area contributed by atoms with Crippen LogP contribution in [0.25, 0.3) is 0 Å². The molecule has 0 spiro atoms. The van der Waals surface area contributed by atoms with Crippen molar-refractivity contribution < 1.29 is 39.6 Å². The monoisotopic (exact) mass is 400 g/mol. The van der Waals surface area contributed by atoms with Gasteiger partial charge in [-0.1, -0.05) is 25.7 Å². The Morgan fingerprint density at radius 1 is 0.607 bits per heavy atom. The fourth-order valence-electron chi connectivity index (χ4n) is 4.90. The zero-order valence-corrected chi connectivity index (χ0v) is 15.7. The summed E-state index contributed by atoms with van der Waals surface area (Å²) in [6.07, 6.45) is 5.16. The highest BCUT2D eigenvalue weighted by Crippen LogP contribution is 2.43. The summed E-state index contributed by atoms with van der Waals surface area (Å²) in [7, 11) is 0. The molecule has 28 heavy (non-hydrogen) atoms. The van der Waals surface area contributed by atoms with Gasteiger partial charge in [0, 0.05) is 12.1 Å². The van der Waals surface area contributed by atoms with Crippen molar-refractivity contribution >= 4 is 23.9 Å². The number of carboxylic acids is 4. The normalized spacial score (nSPS) is 27.4. The predicted molar refractivity (Wildman–Crippen MR) is 95.9 cm³/mol. The van der Waals surface area contributed by atoms with Gasteiger partial charge in [-0.3, -0.25) is 29.0 Å². The molecule has 0 bridgehead atoms. The topological polar surface area (TPSA) is 156 Å². The van der Waals surface area contributed by atoms with Crippen LogP contribution >= 0.6 is 0 Å². The maximum absolute atomic E-state index is 11.3. The van der Waals surface area contributed by atoms with Crippen LogP contribution in [-0.2, 0) is 19.2 Å². The molecule has 2 saturated carbocycles. The van der Waals surface area contributed by atoms with Crippen LogP contribution in [0.3, 0.4) is 0 Å². The Bertz CT molecular complexity index is 526. The lowest BCUT2D eigenvalue weighted by molar-refractivity contribution is -0.150. The Hall–Kier alpha value is -2.20. The smallest absolute Gasteiger partial charge is 0.317 e. The fraction of sp³-hybridized carbons (Fsp3) is 0.778. The number of rotatable bonds is 10. The second-order valence-corrected chi connectivity index (χ2v) is 7.80. The summed E-state index contributed by atoms with van der Waals surface area (Å²) in [5, 5.41) is 37.0. The van der Waals surface area contributed by atoms with Crippen LogP contribution < -0.4 is 0 Å². The summed E-state index contributed by atoms with van der Waals surface area (Å²) in [6, 6.07) is -1.05. The van der Waals surface area contributed by atoms with Crippen LogP contribution in [0.4, 0.5) is 0 Å². The average molecular weight is 400 g/mol. The van der Waals surface area contributed by atoms with E-state index in [0.717, 1.165) is 25.7 Å². The molecule has 0 aromatic heterocycles. The molecular weight excluding hydrogens is 372 g/mol. The standard InChI is InChI=1S/C18H28N2O8/c21-15(22)7-19(8-16(23)24)13-5-11-3-1-2-4-12(11)6-14(13)20(9-17(25)26)10-18(27)28/h11-14H,1-10H2,(H,21,22)(H,23,24)(H,25,26)(H,27,28)/t11-,12-,13-,14-/m1/s1. The molecule has 0 aromatic carbocycles. The van der Waals surface area contributed by atoms with E-state index in [1.807, 2.05) is 0 Å². The summed E-state index contributed by atoms with van der Waals surface area (Å²) in [6.45, 7) is -1.95. The summed E-state index contributed by atoms with van der Waals surface area (Å²) < 4.78 is 0. The van der Waals surface area contributed by atoms with Crippen molar-refractivity contribution in [2.75, 3.05) is 26.2 Å². The van der Waals surface area contributed by atoms with Crippen LogP contribution in [0.2, 0.25) is 0 Å². The number of nitrogens with zero attached hydrogens (tertiary/aromatic N) is 2. The van der Waals surface area contributed by atoms with E-state index in [4.69, 9.17) is 0 Å². The third-order valence-electron chi connectivity index (χ3n) is 5.89. The molecule has 2 fully saturated rings. The molecule has 4 N–H and O–H groups in total. The van der Waals surface area contributed by atoms with Gasteiger partial charge >= 0.3 is 23.9 Å². The maximum atomic E-state index is 11.3. The van der Waals surface area contributed by atoms with Crippen molar-refractivity contribution in [3.63, 3.8) is 0 Å². The molecule has 0 radical (unpaired) electrons. The third kappa shape index (κ3) is 6.16. The lowest BCUT2D eigenvalue weighted by atomic mass is 9.67. The molecule has 2 rings (SSSR count). The van der Waals surface area contributed by atoms with Gasteiger partial charge in [-0.2, -0.15) is 0 Å². The van der Waals surface area contributed by atoms with Crippen LogP contribution in [0.1, 0.15) is 38.5 Å². The molecular formula is C18H28N2O8. The molecule has 0 heterocycles. The summed E-state index contributed by atoms with van der Waals surface area (Å²) in [5.41, 5.74) is 0. The van der Waals surface area contributed by atoms with Crippen molar-refractivity contribution in [2.24, 2.45) is 11.8 Å². The highest BCUT2D eigenvalue weighted by atomic mass is 16.4. The number of carboxylic acid groups (broad SMARTS) is 4. The summed E-state index contributed by atoms with van der Waals surface area (Å²) in [5.74, 6) is -4.06. The number of hydrogen-bond acceptors (Lipinski definition) is 6. The minimum atomic E-state index is -1.17. The van der Waals surface area contributed by atoms with Gasteiger partial charge in [0.2, 0.25) is 0 Å². The number of fused-ring (bicyclic) bond motifs is 1. The van der Waals surface area contributed by atoms with Crippen molar-refractivity contribution in [1.82, 2.24) is 9.80 Å². The van der Waals surface area contributed by atoms with E-state index >= 15 is 0 Å². The van der Waals surface area contributed by atoms with Crippen molar-refractivity contribution in [2.45, 2.75) is 50.6 Å². The quantitative estimate of drug-likeness (QED) is 0.401. The summed E-state index contributed by atoms with van der Waals surface area (Å²) in [4.78, 5) is 47.9. The van der Waals surface area contributed by atoms with Gasteiger partial charge in [0.05, 0.1) is 26.2 Å². The zero-order chi connectivity index (χ0) is 20.8. The first-order valence-electron chi connectivity index (χ1n) is 9.52. The van der Waals surface area contributed by atoms with Crippen molar-refractivity contribution in [1.29, 1.82) is 0 Å². The van der Waals surface area contributed by atoms with Crippen molar-refractivity contribution in [3.8, 4) is 0 Å². The first-order chi connectivity index (χ1) is 13.2. The molecule has 0 aliphatic heterocycles. The van der Waals surface area contributed by atoms with E-state index in [9.17, 15) is 39.6 Å². The van der Waals surface area contributed by atoms with Gasteiger partial charge in [0.1, 0.15) is 0 Å². The summed E-state index contributed by atoms with van der Waals surface area (Å²) >= 11 is 0. The molecule has 2 aliphatic rings. The predicted octanol–water partition coefficient (Wildman–Crippen LogP) is 0.266. The van der Waals surface area contributed by atoms with Gasteiger partial charge in [-0.15, -0.1) is 0 Å². The van der Waals surface area contributed by atoms with E-state index in [2.05, 4.69) is 0 Å². The Labute approximate surface area is 162 Å². The molecule has 0 amide bonds. The van der Waals surface area contributed by atoms with E-state index in [1.165, 1.54) is 9.80 Å². The van der Waals surface area contributed by atoms with Crippen LogP contribution in [0.5, 0.6) is 0 Å². The molecule has 0 aromatic rings. The van der Waals surface area contributed by atoms with Crippen LogP contribution in [-0.4, -0.2) is 92.4 Å². The minimum Gasteiger partial charge on any atom is -0.480 e. The first kappa shape index (κ1) is 22.1. The van der Waals surface area contributed by atoms with E-state index in [0.29, 0.717) is 24.7 Å². The van der Waals surface area contributed by atoms with Crippen LogP contribution in [0.15, 0.2) is 0 Å². The van der Waals surface area contributed by atoms with Gasteiger partial charge in [0.15, 0.2) is 0 Å². The Kier molecular flexibility index (Phi) is 7.76. The number of carbonyl (C=O) groups is 4. The Morgan fingerprint density at radius 2 is 0.893 bits per heavy atom. The highest BCUT2D eigenvalue weighted by Gasteiger charge is 2.44. The molecule has 0 unspecified atom stereocenters. The molecule has 2 aliphatic carbocycles. The van der Waals surface area contributed by atoms with E-state index in [-0.39, 0.29) is 0 Å². The van der Waals surface area contributed by atoms with Gasteiger partial charge in [-0.25, -0.2) is 0 Å². The second-order valence-electron chi connectivity index (χ2n) is 7.80. The first-order valence-corrected chi connectivity index (χ1v) is 9.52. The SMILES string of the molecule is O=C(O)CN(CC(=O)O)[C@@H]1C[C@H]2CCCC[C@@H]2C[C@H]1N(CC(=O)O)CC(=O)O. The van der Waals surface area contributed by atoms with Crippen LogP contribution in [0, 0.1) is 11.8 Å². The molecule has 10 nitrogen and oxygen atoms in total. The highest BCUT2D eigenvalue weighted by molar-refractivity contribution is 5.73. The molecule has 0 saturated heterocycles. The lowest BCUT2D eigenvalue weighted by Gasteiger charge is -2.50. The Balaban J connectivity index is 2.34.